The van der Waals surface area contributed by atoms with Crippen molar-refractivity contribution >= 4 is 29.4 Å². The van der Waals surface area contributed by atoms with Gasteiger partial charge in [0.05, 0.1) is 17.3 Å². The van der Waals surface area contributed by atoms with Crippen LogP contribution in [0.2, 0.25) is 10.0 Å². The minimum absolute atomic E-state index is 0.333. The molecule has 1 fully saturated rings. The van der Waals surface area contributed by atoms with Gasteiger partial charge in [0.25, 0.3) is 0 Å². The summed E-state index contributed by atoms with van der Waals surface area (Å²) in [7, 11) is 0. The van der Waals surface area contributed by atoms with Gasteiger partial charge in [-0.05, 0) is 34.4 Å². The molecule has 0 unspecified atom stereocenters. The third kappa shape index (κ3) is 3.55. The van der Waals surface area contributed by atoms with Gasteiger partial charge in [0.15, 0.2) is 0 Å². The second-order valence-corrected chi connectivity index (χ2v) is 8.32. The van der Waals surface area contributed by atoms with Gasteiger partial charge in [0.2, 0.25) is 0 Å². The first-order valence-corrected chi connectivity index (χ1v) is 10.6. The van der Waals surface area contributed by atoms with Crippen LogP contribution >= 0.6 is 23.2 Å². The van der Waals surface area contributed by atoms with Crippen LogP contribution in [0.3, 0.4) is 0 Å². The van der Waals surface area contributed by atoms with Gasteiger partial charge in [-0.15, -0.1) is 0 Å². The highest BCUT2D eigenvalue weighted by atomic mass is 35.5. The summed E-state index contributed by atoms with van der Waals surface area (Å²) < 4.78 is 0. The maximum atomic E-state index is 6.25. The van der Waals surface area contributed by atoms with E-state index in [1.807, 2.05) is 18.3 Å². The van der Waals surface area contributed by atoms with Gasteiger partial charge in [-0.25, -0.2) is 0 Å². The van der Waals surface area contributed by atoms with Crippen LogP contribution in [0.1, 0.15) is 22.7 Å². The summed E-state index contributed by atoms with van der Waals surface area (Å²) >= 11 is 12.2. The smallest absolute Gasteiger partial charge is 0.0615 e. The molecule has 1 saturated heterocycles. The molecule has 0 saturated carbocycles. The second kappa shape index (κ2) is 7.83. The van der Waals surface area contributed by atoms with Crippen LogP contribution in [0.4, 0.5) is 0 Å². The lowest BCUT2D eigenvalue weighted by atomic mass is 10.0. The van der Waals surface area contributed by atoms with E-state index in [1.165, 1.54) is 22.3 Å². The Morgan fingerprint density at radius 1 is 0.793 bits per heavy atom. The monoisotopic (exact) mass is 421 g/mol. The minimum atomic E-state index is 0.333. The summed E-state index contributed by atoms with van der Waals surface area (Å²) in [5, 5.41) is 8.03. The highest BCUT2D eigenvalue weighted by Crippen LogP contribution is 2.46. The third-order valence-corrected chi connectivity index (χ3v) is 6.34. The first kappa shape index (κ1) is 18.7. The molecule has 1 heterocycles. The van der Waals surface area contributed by atoms with Gasteiger partial charge in [-0.2, -0.15) is 5.10 Å². The lowest BCUT2D eigenvalue weighted by Gasteiger charge is -2.37. The topological polar surface area (TPSA) is 18.8 Å². The molecule has 3 aromatic carbocycles. The standard InChI is InChI=1S/C24H21Cl2N3/c25-18-10-9-17(23(26)15-18)16-27-29-13-11-28(12-14-29)24-21-7-3-1-5-19(21)20-6-2-4-8-22(20)24/h1-10,15-16,24H,11-14H2/b27-16+. The number of halogens is 2. The van der Waals surface area contributed by atoms with Gasteiger partial charge in [-0.1, -0.05) is 77.8 Å². The predicted molar refractivity (Wildman–Crippen MR) is 121 cm³/mol. The average Bonchev–Trinajstić information content (AvgIpc) is 3.08. The van der Waals surface area contributed by atoms with Crippen molar-refractivity contribution in [2.45, 2.75) is 6.04 Å². The molecular formula is C24H21Cl2N3. The number of piperazine rings is 1. The molecule has 5 heteroatoms. The molecule has 2 aliphatic rings. The minimum Gasteiger partial charge on any atom is -0.294 e. The Morgan fingerprint density at radius 3 is 2.03 bits per heavy atom. The Hall–Kier alpha value is -2.33. The van der Waals surface area contributed by atoms with E-state index < -0.39 is 0 Å². The molecule has 29 heavy (non-hydrogen) atoms. The number of hydrazone groups is 1. The molecule has 0 atom stereocenters. The van der Waals surface area contributed by atoms with E-state index in [4.69, 9.17) is 23.2 Å². The van der Waals surface area contributed by atoms with Crippen LogP contribution in [0, 0.1) is 0 Å². The van der Waals surface area contributed by atoms with Crippen molar-refractivity contribution < 1.29 is 0 Å². The summed E-state index contributed by atoms with van der Waals surface area (Å²) in [5.74, 6) is 0. The fourth-order valence-electron chi connectivity index (χ4n) is 4.36. The molecule has 3 aromatic rings. The van der Waals surface area contributed by atoms with E-state index in [1.54, 1.807) is 6.07 Å². The van der Waals surface area contributed by atoms with Crippen molar-refractivity contribution in [3.05, 3.63) is 93.5 Å². The largest absolute Gasteiger partial charge is 0.294 e. The van der Waals surface area contributed by atoms with Crippen molar-refractivity contribution in [1.82, 2.24) is 9.91 Å². The second-order valence-electron chi connectivity index (χ2n) is 7.48. The lowest BCUT2D eigenvalue weighted by molar-refractivity contribution is 0.114. The van der Waals surface area contributed by atoms with Crippen molar-refractivity contribution in [3.63, 3.8) is 0 Å². The van der Waals surface area contributed by atoms with Gasteiger partial charge < -0.3 is 0 Å². The van der Waals surface area contributed by atoms with Crippen LogP contribution in [0.15, 0.2) is 71.8 Å². The third-order valence-electron chi connectivity index (χ3n) is 5.78. The molecule has 0 N–H and O–H groups in total. The van der Waals surface area contributed by atoms with E-state index in [-0.39, 0.29) is 0 Å². The quantitative estimate of drug-likeness (QED) is 0.503. The average molecular weight is 422 g/mol. The molecule has 0 radical (unpaired) electrons. The number of hydrogen-bond acceptors (Lipinski definition) is 3. The van der Waals surface area contributed by atoms with Gasteiger partial charge in [-0.3, -0.25) is 9.91 Å². The SMILES string of the molecule is Clc1ccc(/C=N/N2CCN(C3c4ccccc4-c4ccccc43)CC2)c(Cl)c1. The molecule has 0 aromatic heterocycles. The van der Waals surface area contributed by atoms with Crippen LogP contribution in [0.25, 0.3) is 11.1 Å². The fourth-order valence-corrected chi connectivity index (χ4v) is 4.81. The molecule has 1 aliphatic carbocycles. The number of rotatable bonds is 3. The Morgan fingerprint density at radius 2 is 1.41 bits per heavy atom. The zero-order valence-electron chi connectivity index (χ0n) is 15.9. The Bertz CT molecular complexity index is 1030. The molecule has 0 bridgehead atoms. The van der Waals surface area contributed by atoms with Crippen molar-refractivity contribution in [2.75, 3.05) is 26.2 Å². The molecule has 146 valence electrons. The molecule has 5 rings (SSSR count). The first-order valence-electron chi connectivity index (χ1n) is 9.87. The first-order chi connectivity index (χ1) is 14.2. The van der Waals surface area contributed by atoms with Crippen molar-refractivity contribution in [2.24, 2.45) is 5.10 Å². The zero-order valence-corrected chi connectivity index (χ0v) is 17.4. The normalized spacial score (nSPS) is 17.0. The van der Waals surface area contributed by atoms with Crippen LogP contribution in [0.5, 0.6) is 0 Å². The number of fused-ring (bicyclic) bond motifs is 3. The van der Waals surface area contributed by atoms with Crippen molar-refractivity contribution in [1.29, 1.82) is 0 Å². The summed E-state index contributed by atoms with van der Waals surface area (Å²) in [6.45, 7) is 3.73. The summed E-state index contributed by atoms with van der Waals surface area (Å²) in [6.07, 6.45) is 1.83. The zero-order chi connectivity index (χ0) is 19.8. The molecule has 3 nitrogen and oxygen atoms in total. The Balaban J connectivity index is 1.32. The van der Waals surface area contributed by atoms with Gasteiger partial charge in [0, 0.05) is 36.8 Å². The molecule has 1 aliphatic heterocycles. The van der Waals surface area contributed by atoms with E-state index in [0.717, 1.165) is 31.7 Å². The highest BCUT2D eigenvalue weighted by molar-refractivity contribution is 6.36. The molecular weight excluding hydrogens is 401 g/mol. The van der Waals surface area contributed by atoms with E-state index in [9.17, 15) is 0 Å². The van der Waals surface area contributed by atoms with E-state index in [2.05, 4.69) is 63.5 Å². The van der Waals surface area contributed by atoms with Crippen molar-refractivity contribution in [3.8, 4) is 11.1 Å². The fraction of sp³-hybridized carbons (Fsp3) is 0.208. The maximum Gasteiger partial charge on any atom is 0.0615 e. The van der Waals surface area contributed by atoms with Gasteiger partial charge in [0.1, 0.15) is 0 Å². The summed E-state index contributed by atoms with van der Waals surface area (Å²) in [6, 6.07) is 23.4. The summed E-state index contributed by atoms with van der Waals surface area (Å²) in [4.78, 5) is 2.58. The van der Waals surface area contributed by atoms with Crippen LogP contribution in [-0.2, 0) is 0 Å². The number of benzene rings is 3. The number of hydrogen-bond donors (Lipinski definition) is 0. The van der Waals surface area contributed by atoms with E-state index >= 15 is 0 Å². The van der Waals surface area contributed by atoms with Gasteiger partial charge >= 0.3 is 0 Å². The lowest BCUT2D eigenvalue weighted by Crippen LogP contribution is -2.45. The molecule has 0 spiro atoms. The van der Waals surface area contributed by atoms with E-state index in [0.29, 0.717) is 16.1 Å². The Kier molecular flexibility index (Phi) is 5.04. The maximum absolute atomic E-state index is 6.25. The highest BCUT2D eigenvalue weighted by Gasteiger charge is 2.33. The predicted octanol–water partition coefficient (Wildman–Crippen LogP) is 5.71. The number of nitrogens with zero attached hydrogens (tertiary/aromatic N) is 3. The Labute approximate surface area is 181 Å². The van der Waals surface area contributed by atoms with Crippen LogP contribution in [-0.4, -0.2) is 42.3 Å². The molecule has 0 amide bonds. The summed E-state index contributed by atoms with van der Waals surface area (Å²) in [5.41, 5.74) is 6.45. The van der Waals surface area contributed by atoms with Crippen LogP contribution < -0.4 is 0 Å².